The Labute approximate surface area is 126 Å². The number of rotatable bonds is 3. The Morgan fingerprint density at radius 1 is 1.05 bits per heavy atom. The number of ether oxygens (including phenoxy) is 1. The van der Waals surface area contributed by atoms with E-state index in [0.29, 0.717) is 11.3 Å². The summed E-state index contributed by atoms with van der Waals surface area (Å²) in [7, 11) is 1.58. The van der Waals surface area contributed by atoms with E-state index in [-0.39, 0.29) is 5.78 Å². The van der Waals surface area contributed by atoms with Gasteiger partial charge in [-0.15, -0.1) is 0 Å². The van der Waals surface area contributed by atoms with Gasteiger partial charge in [-0.05, 0) is 60.2 Å². The Hall–Kier alpha value is -1.36. The van der Waals surface area contributed by atoms with Gasteiger partial charge in [0.1, 0.15) is 5.75 Å². The topological polar surface area (TPSA) is 26.3 Å². The summed E-state index contributed by atoms with van der Waals surface area (Å²) in [5.74, 6) is 0.623. The minimum Gasteiger partial charge on any atom is -0.496 e. The molecule has 0 unspecified atom stereocenters. The highest BCUT2D eigenvalue weighted by Crippen LogP contribution is 2.25. The molecule has 0 bridgehead atoms. The number of hydrogen-bond donors (Lipinski definition) is 0. The van der Waals surface area contributed by atoms with Crippen LogP contribution in [0.25, 0.3) is 0 Å². The van der Waals surface area contributed by atoms with Crippen LogP contribution in [-0.4, -0.2) is 12.9 Å². The lowest BCUT2D eigenvalue weighted by molar-refractivity contribution is 0.103. The quantitative estimate of drug-likeness (QED) is 0.603. The van der Waals surface area contributed by atoms with E-state index in [4.69, 9.17) is 4.74 Å². The van der Waals surface area contributed by atoms with Crippen molar-refractivity contribution < 1.29 is 9.53 Å². The van der Waals surface area contributed by atoms with Crippen LogP contribution in [0.4, 0.5) is 0 Å². The molecule has 0 saturated heterocycles. The molecule has 0 N–H and O–H groups in total. The fourth-order valence-electron chi connectivity index (χ4n) is 2.07. The number of carbonyl (C=O) groups is 1. The van der Waals surface area contributed by atoms with Gasteiger partial charge in [0, 0.05) is 9.13 Å². The van der Waals surface area contributed by atoms with Gasteiger partial charge in [0.05, 0.1) is 12.7 Å². The molecule has 0 aromatic heterocycles. The fraction of sp³-hybridized carbons (Fsp3) is 0.188. The summed E-state index contributed by atoms with van der Waals surface area (Å²) in [6, 6.07) is 11.5. The molecule has 2 aromatic carbocycles. The van der Waals surface area contributed by atoms with Crippen molar-refractivity contribution in [2.45, 2.75) is 13.8 Å². The SMILES string of the molecule is COc1ccc(I)cc1C(=O)c1ccc(C)cc1C. The standard InChI is InChI=1S/C16H15IO2/c1-10-4-6-13(11(2)8-10)16(18)14-9-12(17)5-7-15(14)19-3/h4-9H,1-3H3. The van der Waals surface area contributed by atoms with E-state index in [0.717, 1.165) is 20.3 Å². The molecule has 2 aromatic rings. The molecule has 2 rings (SSSR count). The normalized spacial score (nSPS) is 10.3. The molecule has 19 heavy (non-hydrogen) atoms. The molecule has 0 aliphatic carbocycles. The van der Waals surface area contributed by atoms with Crippen molar-refractivity contribution in [3.8, 4) is 5.75 Å². The number of benzene rings is 2. The molecular formula is C16H15IO2. The van der Waals surface area contributed by atoms with Gasteiger partial charge < -0.3 is 4.74 Å². The van der Waals surface area contributed by atoms with Crippen molar-refractivity contribution in [2.75, 3.05) is 7.11 Å². The monoisotopic (exact) mass is 366 g/mol. The van der Waals surface area contributed by atoms with Gasteiger partial charge in [0.15, 0.2) is 5.78 Å². The Morgan fingerprint density at radius 3 is 2.42 bits per heavy atom. The molecule has 0 aliphatic rings. The van der Waals surface area contributed by atoms with Crippen LogP contribution >= 0.6 is 22.6 Å². The predicted molar refractivity (Wildman–Crippen MR) is 85.1 cm³/mol. The summed E-state index contributed by atoms with van der Waals surface area (Å²) in [5.41, 5.74) is 3.49. The molecule has 0 saturated carbocycles. The Morgan fingerprint density at radius 2 is 1.79 bits per heavy atom. The van der Waals surface area contributed by atoms with Crippen LogP contribution in [0.3, 0.4) is 0 Å². The van der Waals surface area contributed by atoms with E-state index in [1.807, 2.05) is 50.2 Å². The second kappa shape index (κ2) is 5.74. The first-order valence-electron chi connectivity index (χ1n) is 5.98. The lowest BCUT2D eigenvalue weighted by atomic mass is 9.97. The zero-order valence-corrected chi connectivity index (χ0v) is 13.3. The average Bonchev–Trinajstić information content (AvgIpc) is 2.38. The minimum absolute atomic E-state index is 0.00728. The highest BCUT2D eigenvalue weighted by Gasteiger charge is 2.16. The zero-order chi connectivity index (χ0) is 14.0. The molecule has 98 valence electrons. The summed E-state index contributed by atoms with van der Waals surface area (Å²) in [5, 5.41) is 0. The molecule has 0 spiro atoms. The average molecular weight is 366 g/mol. The third kappa shape index (κ3) is 2.97. The first-order valence-corrected chi connectivity index (χ1v) is 7.06. The first-order chi connectivity index (χ1) is 9.02. The van der Waals surface area contributed by atoms with Crippen LogP contribution in [0.1, 0.15) is 27.0 Å². The first kappa shape index (κ1) is 14.1. The lowest BCUT2D eigenvalue weighted by Crippen LogP contribution is -2.06. The maximum absolute atomic E-state index is 12.6. The highest BCUT2D eigenvalue weighted by atomic mass is 127. The molecule has 0 aliphatic heterocycles. The molecule has 0 fully saturated rings. The van der Waals surface area contributed by atoms with E-state index in [1.165, 1.54) is 0 Å². The summed E-state index contributed by atoms with van der Waals surface area (Å²) < 4.78 is 6.30. The van der Waals surface area contributed by atoms with E-state index < -0.39 is 0 Å². The van der Waals surface area contributed by atoms with E-state index in [1.54, 1.807) is 7.11 Å². The summed E-state index contributed by atoms with van der Waals surface area (Å²) >= 11 is 2.20. The Kier molecular flexibility index (Phi) is 4.24. The Balaban J connectivity index is 2.52. The van der Waals surface area contributed by atoms with Crippen molar-refractivity contribution in [3.05, 3.63) is 62.2 Å². The highest BCUT2D eigenvalue weighted by molar-refractivity contribution is 14.1. The van der Waals surface area contributed by atoms with Crippen LogP contribution < -0.4 is 4.74 Å². The summed E-state index contributed by atoms with van der Waals surface area (Å²) in [6.07, 6.45) is 0. The van der Waals surface area contributed by atoms with Crippen molar-refractivity contribution >= 4 is 28.4 Å². The fourth-order valence-corrected chi connectivity index (χ4v) is 2.56. The molecule has 0 heterocycles. The largest absolute Gasteiger partial charge is 0.496 e. The van der Waals surface area contributed by atoms with Gasteiger partial charge >= 0.3 is 0 Å². The molecule has 3 heteroatoms. The van der Waals surface area contributed by atoms with Crippen molar-refractivity contribution in [2.24, 2.45) is 0 Å². The van der Waals surface area contributed by atoms with Gasteiger partial charge in [-0.1, -0.05) is 23.8 Å². The number of aryl methyl sites for hydroxylation is 2. The molecule has 0 radical (unpaired) electrons. The Bertz CT molecular complexity index is 633. The molecular weight excluding hydrogens is 351 g/mol. The van der Waals surface area contributed by atoms with Crippen LogP contribution in [0, 0.1) is 17.4 Å². The summed E-state index contributed by atoms with van der Waals surface area (Å²) in [4.78, 5) is 12.6. The number of carbonyl (C=O) groups excluding carboxylic acids is 1. The van der Waals surface area contributed by atoms with E-state index in [2.05, 4.69) is 22.6 Å². The van der Waals surface area contributed by atoms with Crippen LogP contribution in [0.15, 0.2) is 36.4 Å². The smallest absolute Gasteiger partial charge is 0.197 e. The van der Waals surface area contributed by atoms with Crippen LogP contribution in [0.5, 0.6) is 5.75 Å². The van der Waals surface area contributed by atoms with Crippen molar-refractivity contribution in [3.63, 3.8) is 0 Å². The van der Waals surface area contributed by atoms with Crippen molar-refractivity contribution in [1.29, 1.82) is 0 Å². The van der Waals surface area contributed by atoms with Gasteiger partial charge in [-0.25, -0.2) is 0 Å². The third-order valence-corrected chi connectivity index (χ3v) is 3.70. The van der Waals surface area contributed by atoms with Crippen molar-refractivity contribution in [1.82, 2.24) is 0 Å². The minimum atomic E-state index is 0.00728. The molecule has 0 amide bonds. The van der Waals surface area contributed by atoms with Gasteiger partial charge in [-0.2, -0.15) is 0 Å². The second-order valence-corrected chi connectivity index (χ2v) is 5.74. The number of methoxy groups -OCH3 is 1. The van der Waals surface area contributed by atoms with Gasteiger partial charge in [-0.3, -0.25) is 4.79 Å². The third-order valence-electron chi connectivity index (χ3n) is 3.03. The maximum atomic E-state index is 12.6. The number of hydrogen-bond acceptors (Lipinski definition) is 2. The van der Waals surface area contributed by atoms with Crippen LogP contribution in [0.2, 0.25) is 0 Å². The second-order valence-electron chi connectivity index (χ2n) is 4.49. The molecule has 0 atom stereocenters. The van der Waals surface area contributed by atoms with Gasteiger partial charge in [0.25, 0.3) is 0 Å². The van der Waals surface area contributed by atoms with Crippen LogP contribution in [-0.2, 0) is 0 Å². The zero-order valence-electron chi connectivity index (χ0n) is 11.2. The maximum Gasteiger partial charge on any atom is 0.197 e. The van der Waals surface area contributed by atoms with E-state index in [9.17, 15) is 4.79 Å². The number of halogens is 1. The lowest BCUT2D eigenvalue weighted by Gasteiger charge is -2.10. The number of ketones is 1. The summed E-state index contributed by atoms with van der Waals surface area (Å²) in [6.45, 7) is 3.98. The van der Waals surface area contributed by atoms with E-state index >= 15 is 0 Å². The predicted octanol–water partition coefficient (Wildman–Crippen LogP) is 4.15. The molecule has 2 nitrogen and oxygen atoms in total. The van der Waals surface area contributed by atoms with Gasteiger partial charge in [0.2, 0.25) is 0 Å².